The molecule has 0 saturated carbocycles. The Hall–Kier alpha value is -0.200. The third kappa shape index (κ3) is 2.62. The molecule has 13 heavy (non-hydrogen) atoms. The van der Waals surface area contributed by atoms with Crippen LogP contribution in [0.4, 0.5) is 0 Å². The second-order valence-corrected chi connectivity index (χ2v) is 3.11. The minimum absolute atomic E-state index is 0.263. The van der Waals surface area contributed by atoms with Crippen LogP contribution in [-0.2, 0) is 14.2 Å². The fourth-order valence-electron chi connectivity index (χ4n) is 1.49. The van der Waals surface area contributed by atoms with E-state index in [-0.39, 0.29) is 6.10 Å². The van der Waals surface area contributed by atoms with Gasteiger partial charge >= 0.3 is 0 Å². The summed E-state index contributed by atoms with van der Waals surface area (Å²) < 4.78 is 14.9. The van der Waals surface area contributed by atoms with Gasteiger partial charge in [0.2, 0.25) is 0 Å². The molecule has 0 aromatic rings. The van der Waals surface area contributed by atoms with E-state index in [4.69, 9.17) is 14.2 Å². The molecule has 0 bridgehead atoms. The lowest BCUT2D eigenvalue weighted by Gasteiger charge is -2.35. The molecular weight excluding hydrogens is 176 g/mol. The van der Waals surface area contributed by atoms with Crippen LogP contribution >= 0.6 is 0 Å². The van der Waals surface area contributed by atoms with Crippen LogP contribution in [0.1, 0.15) is 6.42 Å². The van der Waals surface area contributed by atoms with Gasteiger partial charge in [0.05, 0.1) is 18.8 Å². The van der Waals surface area contributed by atoms with Crippen LogP contribution in [0.3, 0.4) is 0 Å². The second kappa shape index (κ2) is 4.88. The number of aliphatic hydroxyl groups is 2. The van der Waals surface area contributed by atoms with Gasteiger partial charge in [-0.3, -0.25) is 0 Å². The van der Waals surface area contributed by atoms with E-state index in [0.29, 0.717) is 13.0 Å². The molecule has 1 rings (SSSR count). The summed E-state index contributed by atoms with van der Waals surface area (Å²) in [5.74, 6) is 0. The van der Waals surface area contributed by atoms with Gasteiger partial charge in [0.15, 0.2) is 6.29 Å². The zero-order valence-electron chi connectivity index (χ0n) is 7.84. The Labute approximate surface area is 77.2 Å². The van der Waals surface area contributed by atoms with Crippen molar-refractivity contribution in [3.63, 3.8) is 0 Å². The van der Waals surface area contributed by atoms with Gasteiger partial charge < -0.3 is 24.4 Å². The highest BCUT2D eigenvalue weighted by molar-refractivity contribution is 4.81. The van der Waals surface area contributed by atoms with E-state index in [1.54, 1.807) is 7.11 Å². The first kappa shape index (κ1) is 10.9. The number of hydrogen-bond donors (Lipinski definition) is 2. The Morgan fingerprint density at radius 1 is 1.38 bits per heavy atom. The minimum Gasteiger partial charge on any atom is -0.390 e. The number of ether oxygens (including phenoxy) is 3. The minimum atomic E-state index is -1.08. The molecule has 1 heterocycles. The maximum atomic E-state index is 9.52. The number of aliphatic hydroxyl groups excluding tert-OH is 2. The summed E-state index contributed by atoms with van der Waals surface area (Å²) in [5.41, 5.74) is 0. The molecule has 78 valence electrons. The van der Waals surface area contributed by atoms with Gasteiger partial charge in [0.1, 0.15) is 6.10 Å². The first-order valence-corrected chi connectivity index (χ1v) is 4.22. The quantitative estimate of drug-likeness (QED) is 0.607. The van der Waals surface area contributed by atoms with Crippen molar-refractivity contribution in [1.82, 2.24) is 0 Å². The van der Waals surface area contributed by atoms with Crippen LogP contribution in [0.2, 0.25) is 0 Å². The van der Waals surface area contributed by atoms with Crippen molar-refractivity contribution in [3.8, 4) is 0 Å². The fourth-order valence-corrected chi connectivity index (χ4v) is 1.49. The lowest BCUT2D eigenvalue weighted by molar-refractivity contribution is -0.259. The topological polar surface area (TPSA) is 68.2 Å². The van der Waals surface area contributed by atoms with Crippen molar-refractivity contribution in [2.24, 2.45) is 0 Å². The van der Waals surface area contributed by atoms with E-state index in [9.17, 15) is 10.2 Å². The van der Waals surface area contributed by atoms with Crippen LogP contribution in [0.5, 0.6) is 0 Å². The van der Waals surface area contributed by atoms with Crippen molar-refractivity contribution >= 4 is 0 Å². The third-order valence-electron chi connectivity index (χ3n) is 2.12. The Morgan fingerprint density at radius 2 is 2.08 bits per heavy atom. The standard InChI is InChI=1S/C8H16O5/c1-11-4-5-3-6(9)7(12-2)8(10)13-5/h5-10H,3-4H2,1-2H3/t5?,6-,7?,8?/m1/s1. The van der Waals surface area contributed by atoms with E-state index in [1.165, 1.54) is 7.11 Å². The van der Waals surface area contributed by atoms with Gasteiger partial charge in [-0.05, 0) is 0 Å². The van der Waals surface area contributed by atoms with E-state index >= 15 is 0 Å². The normalized spacial score (nSPS) is 40.6. The van der Waals surface area contributed by atoms with Crippen LogP contribution in [0, 0.1) is 0 Å². The maximum absolute atomic E-state index is 9.52. The molecule has 4 atom stereocenters. The molecule has 0 amide bonds. The molecule has 3 unspecified atom stereocenters. The summed E-state index contributed by atoms with van der Waals surface area (Å²) in [5, 5.41) is 18.9. The molecule has 0 aromatic carbocycles. The monoisotopic (exact) mass is 192 g/mol. The summed E-state index contributed by atoms with van der Waals surface area (Å²) in [7, 11) is 2.97. The average Bonchev–Trinajstić information content (AvgIpc) is 2.04. The first-order chi connectivity index (χ1) is 6.19. The lowest BCUT2D eigenvalue weighted by Crippen LogP contribution is -2.50. The number of methoxy groups -OCH3 is 2. The largest absolute Gasteiger partial charge is 0.390 e. The van der Waals surface area contributed by atoms with Crippen molar-refractivity contribution in [3.05, 3.63) is 0 Å². The molecule has 0 aromatic heterocycles. The second-order valence-electron chi connectivity index (χ2n) is 3.11. The zero-order valence-corrected chi connectivity index (χ0v) is 7.84. The molecule has 1 saturated heterocycles. The van der Waals surface area contributed by atoms with Crippen molar-refractivity contribution in [2.75, 3.05) is 20.8 Å². The third-order valence-corrected chi connectivity index (χ3v) is 2.12. The summed E-state index contributed by atoms with van der Waals surface area (Å²) in [6.45, 7) is 0.366. The van der Waals surface area contributed by atoms with Crippen molar-refractivity contribution in [2.45, 2.75) is 31.0 Å². The molecule has 1 aliphatic rings. The predicted octanol–water partition coefficient (Wildman–Crippen LogP) is -0.884. The summed E-state index contributed by atoms with van der Waals surface area (Å²) >= 11 is 0. The number of rotatable bonds is 3. The Balaban J connectivity index is 2.46. The van der Waals surface area contributed by atoms with Gasteiger partial charge in [-0.25, -0.2) is 0 Å². The van der Waals surface area contributed by atoms with E-state index in [0.717, 1.165) is 0 Å². The molecule has 1 fully saturated rings. The summed E-state index contributed by atoms with van der Waals surface area (Å²) in [4.78, 5) is 0. The van der Waals surface area contributed by atoms with Gasteiger partial charge in [0, 0.05) is 20.6 Å². The molecule has 0 spiro atoms. The van der Waals surface area contributed by atoms with E-state index < -0.39 is 18.5 Å². The predicted molar refractivity (Wildman–Crippen MR) is 44.2 cm³/mol. The van der Waals surface area contributed by atoms with Crippen LogP contribution in [0.25, 0.3) is 0 Å². The maximum Gasteiger partial charge on any atom is 0.184 e. The van der Waals surface area contributed by atoms with Crippen molar-refractivity contribution < 1.29 is 24.4 Å². The van der Waals surface area contributed by atoms with E-state index in [1.807, 2.05) is 0 Å². The van der Waals surface area contributed by atoms with Crippen LogP contribution in [0.15, 0.2) is 0 Å². The Bertz CT molecular complexity index is 139. The van der Waals surface area contributed by atoms with Crippen LogP contribution in [-0.4, -0.2) is 55.6 Å². The van der Waals surface area contributed by atoms with Gasteiger partial charge in [-0.15, -0.1) is 0 Å². The molecule has 2 N–H and O–H groups in total. The lowest BCUT2D eigenvalue weighted by atomic mass is 10.0. The highest BCUT2D eigenvalue weighted by Gasteiger charge is 2.36. The zero-order chi connectivity index (χ0) is 9.84. The van der Waals surface area contributed by atoms with Crippen molar-refractivity contribution in [1.29, 1.82) is 0 Å². The first-order valence-electron chi connectivity index (χ1n) is 4.22. The fraction of sp³-hybridized carbons (Fsp3) is 1.00. The highest BCUT2D eigenvalue weighted by Crippen LogP contribution is 2.20. The van der Waals surface area contributed by atoms with Gasteiger partial charge in [-0.2, -0.15) is 0 Å². The highest BCUT2D eigenvalue weighted by atomic mass is 16.7. The molecule has 1 aliphatic heterocycles. The molecule has 0 aliphatic carbocycles. The summed E-state index contributed by atoms with van der Waals surface area (Å²) in [6.07, 6.45) is -2.28. The van der Waals surface area contributed by atoms with Gasteiger partial charge in [-0.1, -0.05) is 0 Å². The van der Waals surface area contributed by atoms with Crippen LogP contribution < -0.4 is 0 Å². The molecular formula is C8H16O5. The smallest absolute Gasteiger partial charge is 0.184 e. The molecule has 0 radical (unpaired) electrons. The Kier molecular flexibility index (Phi) is 4.08. The molecule has 5 nitrogen and oxygen atoms in total. The number of hydrogen-bond acceptors (Lipinski definition) is 5. The summed E-state index contributed by atoms with van der Waals surface area (Å²) in [6, 6.07) is 0. The Morgan fingerprint density at radius 3 is 2.54 bits per heavy atom. The molecule has 5 heteroatoms. The van der Waals surface area contributed by atoms with E-state index in [2.05, 4.69) is 0 Å². The average molecular weight is 192 g/mol. The SMILES string of the molecule is COCC1C[C@@H](O)C(OC)C(O)O1. The van der Waals surface area contributed by atoms with Gasteiger partial charge in [0.25, 0.3) is 0 Å².